The summed E-state index contributed by atoms with van der Waals surface area (Å²) >= 11 is 0. The summed E-state index contributed by atoms with van der Waals surface area (Å²) in [4.78, 5) is 11.6. The quantitative estimate of drug-likeness (QED) is 0.631. The highest BCUT2D eigenvalue weighted by Gasteiger charge is 2.18. The first-order valence-corrected chi connectivity index (χ1v) is 5.77. The Hall–Kier alpha value is -1.71. The maximum atomic E-state index is 11.6. The smallest absolute Gasteiger partial charge is 0.343 e. The highest BCUT2D eigenvalue weighted by atomic mass is 16.5. The van der Waals surface area contributed by atoms with Crippen molar-refractivity contribution in [3.05, 3.63) is 23.8 Å². The number of nitrogens with two attached hydrogens (primary N) is 1. The van der Waals surface area contributed by atoms with Gasteiger partial charge in [0.05, 0.1) is 13.2 Å². The fourth-order valence-electron chi connectivity index (χ4n) is 1.60. The molecule has 0 unspecified atom stereocenters. The molecule has 0 fully saturated rings. The third kappa shape index (κ3) is 3.12. The number of hydrogen-bond donors (Lipinski definition) is 1. The fourth-order valence-corrected chi connectivity index (χ4v) is 1.60. The van der Waals surface area contributed by atoms with Crippen molar-refractivity contribution in [2.45, 2.75) is 32.8 Å². The van der Waals surface area contributed by atoms with Gasteiger partial charge in [0.2, 0.25) is 0 Å². The van der Waals surface area contributed by atoms with E-state index in [1.54, 1.807) is 18.2 Å². The standard InChI is InChI=1S/C13H19NO3/c1-4-9(5-2)17-11-8-6-7-10(14)12(11)13(15)16-3/h6-9H,4-5,14H2,1-3H3. The molecule has 0 aliphatic carbocycles. The second-order valence-electron chi connectivity index (χ2n) is 3.77. The van der Waals surface area contributed by atoms with E-state index in [1.165, 1.54) is 7.11 Å². The molecule has 0 bridgehead atoms. The number of nitrogen functional groups attached to an aromatic ring is 1. The van der Waals surface area contributed by atoms with E-state index in [9.17, 15) is 4.79 Å². The molecule has 0 saturated carbocycles. The van der Waals surface area contributed by atoms with Crippen LogP contribution < -0.4 is 10.5 Å². The van der Waals surface area contributed by atoms with Gasteiger partial charge in [0.25, 0.3) is 0 Å². The Kier molecular flexibility index (Phi) is 4.82. The Morgan fingerprint density at radius 2 is 2.00 bits per heavy atom. The second-order valence-corrected chi connectivity index (χ2v) is 3.77. The van der Waals surface area contributed by atoms with Gasteiger partial charge in [-0.3, -0.25) is 0 Å². The summed E-state index contributed by atoms with van der Waals surface area (Å²) in [5, 5.41) is 0. The molecule has 4 heteroatoms. The van der Waals surface area contributed by atoms with E-state index in [0.717, 1.165) is 12.8 Å². The van der Waals surface area contributed by atoms with Gasteiger partial charge in [-0.15, -0.1) is 0 Å². The fraction of sp³-hybridized carbons (Fsp3) is 0.462. The Balaban J connectivity index is 3.06. The molecule has 0 aromatic heterocycles. The summed E-state index contributed by atoms with van der Waals surface area (Å²) in [6.07, 6.45) is 1.85. The Bertz CT molecular complexity index is 386. The molecule has 0 saturated heterocycles. The zero-order valence-electron chi connectivity index (χ0n) is 10.5. The predicted molar refractivity (Wildman–Crippen MR) is 67.2 cm³/mol. The van der Waals surface area contributed by atoms with Crippen LogP contribution in [0.1, 0.15) is 37.0 Å². The molecule has 0 amide bonds. The van der Waals surface area contributed by atoms with Crippen LogP contribution in [0, 0.1) is 0 Å². The van der Waals surface area contributed by atoms with Crippen molar-refractivity contribution in [2.75, 3.05) is 12.8 Å². The van der Waals surface area contributed by atoms with E-state index in [2.05, 4.69) is 0 Å². The summed E-state index contributed by atoms with van der Waals surface area (Å²) < 4.78 is 10.5. The van der Waals surface area contributed by atoms with Crippen LogP contribution in [-0.2, 0) is 4.74 Å². The molecule has 1 aromatic rings. The van der Waals surface area contributed by atoms with Crippen molar-refractivity contribution in [2.24, 2.45) is 0 Å². The summed E-state index contributed by atoms with van der Waals surface area (Å²) in [7, 11) is 1.33. The first-order chi connectivity index (χ1) is 8.13. The van der Waals surface area contributed by atoms with Crippen molar-refractivity contribution in [1.29, 1.82) is 0 Å². The van der Waals surface area contributed by atoms with Crippen molar-refractivity contribution >= 4 is 11.7 Å². The van der Waals surface area contributed by atoms with Crippen LogP contribution in [-0.4, -0.2) is 19.2 Å². The molecule has 2 N–H and O–H groups in total. The molecule has 1 rings (SSSR count). The van der Waals surface area contributed by atoms with Gasteiger partial charge in [-0.05, 0) is 25.0 Å². The second kappa shape index (κ2) is 6.13. The molecule has 0 aliphatic heterocycles. The lowest BCUT2D eigenvalue weighted by atomic mass is 10.1. The highest BCUT2D eigenvalue weighted by Crippen LogP contribution is 2.27. The predicted octanol–water partition coefficient (Wildman–Crippen LogP) is 2.62. The van der Waals surface area contributed by atoms with Gasteiger partial charge in [0.1, 0.15) is 11.3 Å². The van der Waals surface area contributed by atoms with Gasteiger partial charge in [0, 0.05) is 5.69 Å². The average Bonchev–Trinajstić information content (AvgIpc) is 2.35. The highest BCUT2D eigenvalue weighted by molar-refractivity contribution is 5.98. The number of carbonyl (C=O) groups is 1. The minimum absolute atomic E-state index is 0.0835. The summed E-state index contributed by atoms with van der Waals surface area (Å²) in [6, 6.07) is 5.16. The van der Waals surface area contributed by atoms with Crippen molar-refractivity contribution < 1.29 is 14.3 Å². The van der Waals surface area contributed by atoms with Crippen LogP contribution in [0.2, 0.25) is 0 Å². The first kappa shape index (κ1) is 13.4. The first-order valence-electron chi connectivity index (χ1n) is 5.77. The molecule has 0 heterocycles. The number of anilines is 1. The van der Waals surface area contributed by atoms with Crippen LogP contribution in [0.4, 0.5) is 5.69 Å². The molecule has 17 heavy (non-hydrogen) atoms. The van der Waals surface area contributed by atoms with E-state index < -0.39 is 5.97 Å². The molecular weight excluding hydrogens is 218 g/mol. The molecule has 4 nitrogen and oxygen atoms in total. The number of benzene rings is 1. The lowest BCUT2D eigenvalue weighted by Gasteiger charge is -2.18. The lowest BCUT2D eigenvalue weighted by molar-refractivity contribution is 0.0594. The van der Waals surface area contributed by atoms with E-state index in [4.69, 9.17) is 15.2 Å². The van der Waals surface area contributed by atoms with Crippen LogP contribution in [0.25, 0.3) is 0 Å². The van der Waals surface area contributed by atoms with Gasteiger partial charge < -0.3 is 15.2 Å². The normalized spacial score (nSPS) is 10.4. The van der Waals surface area contributed by atoms with Crippen molar-refractivity contribution in [1.82, 2.24) is 0 Å². The summed E-state index contributed by atoms with van der Waals surface area (Å²) in [5.41, 5.74) is 6.46. The monoisotopic (exact) mass is 237 g/mol. The number of methoxy groups -OCH3 is 1. The summed E-state index contributed by atoms with van der Waals surface area (Å²) in [6.45, 7) is 4.08. The maximum Gasteiger partial charge on any atom is 0.343 e. The number of rotatable bonds is 5. The van der Waals surface area contributed by atoms with Gasteiger partial charge in [-0.2, -0.15) is 0 Å². The zero-order valence-corrected chi connectivity index (χ0v) is 10.5. The minimum Gasteiger partial charge on any atom is -0.489 e. The van der Waals surface area contributed by atoms with E-state index in [0.29, 0.717) is 17.0 Å². The minimum atomic E-state index is -0.468. The molecule has 1 aromatic carbocycles. The van der Waals surface area contributed by atoms with Crippen LogP contribution in [0.5, 0.6) is 5.75 Å². The number of ether oxygens (including phenoxy) is 2. The Labute approximate surface area is 102 Å². The van der Waals surface area contributed by atoms with Crippen LogP contribution in [0.15, 0.2) is 18.2 Å². The van der Waals surface area contributed by atoms with Crippen molar-refractivity contribution in [3.63, 3.8) is 0 Å². The average molecular weight is 237 g/mol. The van der Waals surface area contributed by atoms with Crippen LogP contribution in [0.3, 0.4) is 0 Å². The van der Waals surface area contributed by atoms with E-state index >= 15 is 0 Å². The molecule has 94 valence electrons. The van der Waals surface area contributed by atoms with Crippen molar-refractivity contribution in [3.8, 4) is 5.75 Å². The molecular formula is C13H19NO3. The topological polar surface area (TPSA) is 61.5 Å². The SMILES string of the molecule is CCC(CC)Oc1cccc(N)c1C(=O)OC. The van der Waals surface area contributed by atoms with Crippen LogP contribution >= 0.6 is 0 Å². The van der Waals surface area contributed by atoms with E-state index in [-0.39, 0.29) is 6.10 Å². The molecule has 0 radical (unpaired) electrons. The lowest BCUT2D eigenvalue weighted by Crippen LogP contribution is -2.17. The Morgan fingerprint density at radius 1 is 1.35 bits per heavy atom. The van der Waals surface area contributed by atoms with E-state index in [1.807, 2.05) is 13.8 Å². The number of hydrogen-bond acceptors (Lipinski definition) is 4. The van der Waals surface area contributed by atoms with Gasteiger partial charge in [0.15, 0.2) is 0 Å². The maximum absolute atomic E-state index is 11.6. The Morgan fingerprint density at radius 3 is 2.53 bits per heavy atom. The van der Waals surface area contributed by atoms with Gasteiger partial charge >= 0.3 is 5.97 Å². The van der Waals surface area contributed by atoms with Gasteiger partial charge in [-0.1, -0.05) is 19.9 Å². The largest absolute Gasteiger partial charge is 0.489 e. The number of carbonyl (C=O) groups excluding carboxylic acids is 1. The third-order valence-corrected chi connectivity index (χ3v) is 2.65. The molecule has 0 spiro atoms. The summed E-state index contributed by atoms with van der Waals surface area (Å²) in [5.74, 6) is 0.0228. The zero-order chi connectivity index (χ0) is 12.8. The molecule has 0 atom stereocenters. The van der Waals surface area contributed by atoms with Gasteiger partial charge in [-0.25, -0.2) is 4.79 Å². The molecule has 0 aliphatic rings. The third-order valence-electron chi connectivity index (χ3n) is 2.65. The number of esters is 1.